The zero-order valence-corrected chi connectivity index (χ0v) is 16.2. The summed E-state index contributed by atoms with van der Waals surface area (Å²) >= 11 is 0. The van der Waals surface area contributed by atoms with Crippen molar-refractivity contribution in [3.8, 4) is 0 Å². The van der Waals surface area contributed by atoms with Gasteiger partial charge in [0.2, 0.25) is 0 Å². The summed E-state index contributed by atoms with van der Waals surface area (Å²) in [6, 6.07) is 15.3. The van der Waals surface area contributed by atoms with Gasteiger partial charge in [0.15, 0.2) is 6.54 Å². The van der Waals surface area contributed by atoms with Gasteiger partial charge in [-0.3, -0.25) is 9.69 Å². The fourth-order valence-corrected chi connectivity index (χ4v) is 4.52. The molecule has 0 saturated carbocycles. The van der Waals surface area contributed by atoms with Crippen molar-refractivity contribution in [2.24, 2.45) is 0 Å². The molecule has 1 aromatic heterocycles. The molecule has 1 aliphatic carbocycles. The lowest BCUT2D eigenvalue weighted by Gasteiger charge is -2.34. The fourth-order valence-electron chi connectivity index (χ4n) is 4.52. The van der Waals surface area contributed by atoms with Crippen molar-refractivity contribution < 1.29 is 14.7 Å². The third-order valence-electron chi connectivity index (χ3n) is 6.06. The number of carbonyl (C=O) groups excluding carboxylic acids is 1. The number of hydrogen-bond acceptors (Lipinski definition) is 2. The molecule has 1 aliphatic heterocycles. The largest absolute Gasteiger partial charge is 0.330 e. The Morgan fingerprint density at radius 2 is 1.89 bits per heavy atom. The number of rotatable bonds is 4. The maximum Gasteiger partial charge on any atom is 0.278 e. The highest BCUT2D eigenvalue weighted by Crippen LogP contribution is 2.27. The number of fused-ring (bicyclic) bond motifs is 1. The van der Waals surface area contributed by atoms with Crippen molar-refractivity contribution >= 4 is 11.7 Å². The van der Waals surface area contributed by atoms with Crippen molar-refractivity contribution in [1.82, 2.24) is 4.90 Å². The molecule has 2 aliphatic rings. The van der Waals surface area contributed by atoms with Crippen LogP contribution in [0.1, 0.15) is 30.0 Å². The van der Waals surface area contributed by atoms with Crippen molar-refractivity contribution in [2.75, 3.05) is 44.7 Å². The Hall–Kier alpha value is -2.40. The molecule has 1 aromatic carbocycles. The quantitative estimate of drug-likeness (QED) is 0.867. The topological polar surface area (TPSA) is 42.1 Å². The zero-order chi connectivity index (χ0) is 18.6. The number of H-pyrrole nitrogens is 1. The lowest BCUT2D eigenvalue weighted by molar-refractivity contribution is -0.905. The summed E-state index contributed by atoms with van der Waals surface area (Å²) < 4.78 is 0. The number of nitrogens with zero attached hydrogens (tertiary/aromatic N) is 2. The highest BCUT2D eigenvalue weighted by molar-refractivity contribution is 5.77. The molecule has 4 rings (SSSR count). The van der Waals surface area contributed by atoms with Gasteiger partial charge in [-0.1, -0.05) is 30.3 Å². The van der Waals surface area contributed by atoms with Gasteiger partial charge >= 0.3 is 0 Å². The number of nitrogens with one attached hydrogen (secondary N) is 2. The van der Waals surface area contributed by atoms with Crippen LogP contribution in [0, 0.1) is 0 Å². The molecule has 0 radical (unpaired) electrons. The number of pyridine rings is 1. The highest BCUT2D eigenvalue weighted by atomic mass is 16.2. The SMILES string of the molecule is C[NH+](CC(=O)N1CCN(c2cccc[nH+]2)CC1)[C@H]1CCCc2ccccc21. The molecule has 1 unspecified atom stereocenters. The Morgan fingerprint density at radius 1 is 1.11 bits per heavy atom. The monoisotopic (exact) mass is 366 g/mol. The van der Waals surface area contributed by atoms with E-state index in [9.17, 15) is 4.79 Å². The van der Waals surface area contributed by atoms with E-state index in [1.165, 1.54) is 35.3 Å². The number of carbonyl (C=O) groups is 1. The van der Waals surface area contributed by atoms with Gasteiger partial charge in [-0.25, -0.2) is 4.98 Å². The lowest BCUT2D eigenvalue weighted by atomic mass is 9.87. The van der Waals surface area contributed by atoms with Gasteiger partial charge in [-0.2, -0.15) is 0 Å². The van der Waals surface area contributed by atoms with E-state index in [-0.39, 0.29) is 5.91 Å². The Morgan fingerprint density at radius 3 is 2.67 bits per heavy atom. The van der Waals surface area contributed by atoms with Gasteiger partial charge in [-0.05, 0) is 24.5 Å². The van der Waals surface area contributed by atoms with Gasteiger partial charge in [0.05, 0.1) is 26.3 Å². The van der Waals surface area contributed by atoms with Crippen LogP contribution in [0.15, 0.2) is 48.7 Å². The molecule has 1 amide bonds. The number of piperazine rings is 1. The minimum Gasteiger partial charge on any atom is -0.330 e. The summed E-state index contributed by atoms with van der Waals surface area (Å²) in [6.45, 7) is 3.96. The van der Waals surface area contributed by atoms with Crippen LogP contribution < -0.4 is 14.8 Å². The summed E-state index contributed by atoms with van der Waals surface area (Å²) in [6.07, 6.45) is 5.52. The molecular weight excluding hydrogens is 336 g/mol. The van der Waals surface area contributed by atoms with E-state index in [0.29, 0.717) is 12.6 Å². The van der Waals surface area contributed by atoms with E-state index in [1.807, 2.05) is 23.2 Å². The Balaban J connectivity index is 1.34. The Kier molecular flexibility index (Phi) is 5.39. The van der Waals surface area contributed by atoms with Crippen molar-refractivity contribution in [3.63, 3.8) is 0 Å². The number of amides is 1. The Bertz CT molecular complexity index is 771. The molecule has 2 N–H and O–H groups in total. The van der Waals surface area contributed by atoms with Crippen molar-refractivity contribution in [2.45, 2.75) is 25.3 Å². The second kappa shape index (κ2) is 8.09. The second-order valence-corrected chi connectivity index (χ2v) is 7.78. The molecule has 1 fully saturated rings. The molecule has 1 saturated heterocycles. The predicted octanol–water partition coefficient (Wildman–Crippen LogP) is 0.742. The van der Waals surface area contributed by atoms with Crippen LogP contribution in [0.3, 0.4) is 0 Å². The number of hydrogen-bond donors (Lipinski definition) is 1. The van der Waals surface area contributed by atoms with E-state index in [2.05, 4.69) is 47.3 Å². The van der Waals surface area contributed by atoms with E-state index in [0.717, 1.165) is 32.0 Å². The van der Waals surface area contributed by atoms with Gasteiger partial charge in [-0.15, -0.1) is 0 Å². The smallest absolute Gasteiger partial charge is 0.278 e. The van der Waals surface area contributed by atoms with Crippen LogP contribution in [-0.4, -0.2) is 50.6 Å². The molecular formula is C22H30N4O+2. The fraction of sp³-hybridized carbons (Fsp3) is 0.455. The molecule has 2 atom stereocenters. The molecule has 0 bridgehead atoms. The lowest BCUT2D eigenvalue weighted by Crippen LogP contribution is -3.10. The number of quaternary nitrogens is 1. The number of benzene rings is 1. The van der Waals surface area contributed by atoms with Crippen LogP contribution in [0.25, 0.3) is 0 Å². The van der Waals surface area contributed by atoms with Crippen LogP contribution in [0.2, 0.25) is 0 Å². The van der Waals surface area contributed by atoms with Gasteiger partial charge < -0.3 is 9.80 Å². The average Bonchev–Trinajstić information content (AvgIpc) is 2.74. The second-order valence-electron chi connectivity index (χ2n) is 7.78. The standard InChI is InChI=1S/C22H28N4O/c1-24(20-10-6-8-18-7-2-3-9-19(18)20)17-22(27)26-15-13-25(14-16-26)21-11-4-5-12-23-21/h2-5,7,9,11-12,20H,6,8,10,13-17H2,1H3/p+2/t20-/m0/s1. The minimum absolute atomic E-state index is 0.284. The summed E-state index contributed by atoms with van der Waals surface area (Å²) in [5.41, 5.74) is 2.91. The minimum atomic E-state index is 0.284. The molecule has 5 heteroatoms. The van der Waals surface area contributed by atoms with Gasteiger partial charge in [0.1, 0.15) is 19.1 Å². The number of aryl methyl sites for hydroxylation is 1. The first-order valence-corrected chi connectivity index (χ1v) is 10.1. The normalized spacial score (nSPS) is 20.9. The van der Waals surface area contributed by atoms with E-state index < -0.39 is 0 Å². The number of likely N-dealkylation sites (N-methyl/N-ethyl adjacent to an activating group) is 1. The Labute approximate surface area is 161 Å². The first-order valence-electron chi connectivity index (χ1n) is 10.1. The molecule has 27 heavy (non-hydrogen) atoms. The summed E-state index contributed by atoms with van der Waals surface area (Å²) in [7, 11) is 2.18. The first kappa shape index (κ1) is 18.0. The number of anilines is 1. The molecule has 0 spiro atoms. The molecule has 2 aromatic rings. The van der Waals surface area contributed by atoms with Gasteiger partial charge in [0.25, 0.3) is 11.7 Å². The third kappa shape index (κ3) is 3.98. The number of aromatic amines is 1. The van der Waals surface area contributed by atoms with Crippen LogP contribution >= 0.6 is 0 Å². The first-order chi connectivity index (χ1) is 13.2. The maximum atomic E-state index is 12.9. The van der Waals surface area contributed by atoms with E-state index >= 15 is 0 Å². The molecule has 2 heterocycles. The summed E-state index contributed by atoms with van der Waals surface area (Å²) in [5, 5.41) is 0. The predicted molar refractivity (Wildman–Crippen MR) is 106 cm³/mol. The number of aromatic nitrogens is 1. The maximum absolute atomic E-state index is 12.9. The average molecular weight is 367 g/mol. The van der Waals surface area contributed by atoms with Crippen molar-refractivity contribution in [1.29, 1.82) is 0 Å². The summed E-state index contributed by atoms with van der Waals surface area (Å²) in [5.74, 6) is 1.42. The van der Waals surface area contributed by atoms with E-state index in [1.54, 1.807) is 0 Å². The molecule has 142 valence electrons. The van der Waals surface area contributed by atoms with Crippen LogP contribution in [-0.2, 0) is 11.2 Å². The third-order valence-corrected chi connectivity index (χ3v) is 6.06. The highest BCUT2D eigenvalue weighted by Gasteiger charge is 2.31. The summed E-state index contributed by atoms with van der Waals surface area (Å²) in [4.78, 5) is 21.9. The molecule has 5 nitrogen and oxygen atoms in total. The van der Waals surface area contributed by atoms with Gasteiger partial charge in [0, 0.05) is 18.1 Å². The van der Waals surface area contributed by atoms with Crippen LogP contribution in [0.4, 0.5) is 5.82 Å². The van der Waals surface area contributed by atoms with Crippen LogP contribution in [0.5, 0.6) is 0 Å². The van der Waals surface area contributed by atoms with E-state index in [4.69, 9.17) is 0 Å². The zero-order valence-electron chi connectivity index (χ0n) is 16.2. The van der Waals surface area contributed by atoms with Crippen molar-refractivity contribution in [3.05, 3.63) is 59.8 Å².